The van der Waals surface area contributed by atoms with Crippen molar-refractivity contribution in [1.29, 1.82) is 0 Å². The Morgan fingerprint density at radius 1 is 1.21 bits per heavy atom. The van der Waals surface area contributed by atoms with Gasteiger partial charge in [0.25, 0.3) is 11.8 Å². The smallest absolute Gasteiger partial charge is 0.291 e. The van der Waals surface area contributed by atoms with Gasteiger partial charge in [0, 0.05) is 12.2 Å². The molecule has 1 saturated carbocycles. The van der Waals surface area contributed by atoms with Crippen LogP contribution in [0.1, 0.15) is 37.1 Å². The maximum atomic E-state index is 13.3. The van der Waals surface area contributed by atoms with Gasteiger partial charge in [-0.25, -0.2) is 5.01 Å². The number of pyridine rings is 1. The average molecular weight is 377 g/mol. The van der Waals surface area contributed by atoms with Gasteiger partial charge in [-0.15, -0.1) is 0 Å². The van der Waals surface area contributed by atoms with Crippen LogP contribution in [0.15, 0.2) is 53.7 Å². The van der Waals surface area contributed by atoms with Crippen LogP contribution in [0.3, 0.4) is 0 Å². The number of amidine groups is 1. The Morgan fingerprint density at radius 3 is 2.61 bits per heavy atom. The number of nitrogens with zero attached hydrogens (tertiary/aromatic N) is 4. The van der Waals surface area contributed by atoms with Gasteiger partial charge in [-0.05, 0) is 51.0 Å². The highest BCUT2D eigenvalue weighted by Crippen LogP contribution is 2.34. The molecule has 0 bridgehead atoms. The van der Waals surface area contributed by atoms with Crippen LogP contribution in [-0.2, 0) is 9.59 Å². The Labute approximate surface area is 164 Å². The predicted molar refractivity (Wildman–Crippen MR) is 107 cm³/mol. The molecule has 7 heteroatoms. The first-order chi connectivity index (χ1) is 13.5. The summed E-state index contributed by atoms with van der Waals surface area (Å²) in [5.41, 5.74) is 5.55. The van der Waals surface area contributed by atoms with Crippen LogP contribution in [-0.4, -0.2) is 40.1 Å². The van der Waals surface area contributed by atoms with Crippen molar-refractivity contribution in [3.63, 3.8) is 0 Å². The third-order valence-electron chi connectivity index (χ3n) is 5.04. The van der Waals surface area contributed by atoms with Crippen LogP contribution >= 0.6 is 0 Å². The molecule has 0 saturated heterocycles. The highest BCUT2D eigenvalue weighted by molar-refractivity contribution is 6.39. The molecule has 1 N–H and O–H groups in total. The zero-order valence-corrected chi connectivity index (χ0v) is 16.0. The number of anilines is 1. The summed E-state index contributed by atoms with van der Waals surface area (Å²) in [4.78, 5) is 36.1. The molecular formula is C21H23N5O2. The molecule has 0 radical (unpaired) electrons. The van der Waals surface area contributed by atoms with Crippen molar-refractivity contribution in [3.8, 4) is 0 Å². The van der Waals surface area contributed by atoms with E-state index in [0.717, 1.165) is 24.1 Å². The van der Waals surface area contributed by atoms with E-state index in [9.17, 15) is 9.59 Å². The van der Waals surface area contributed by atoms with Crippen molar-refractivity contribution in [1.82, 2.24) is 15.3 Å². The molecular weight excluding hydrogens is 354 g/mol. The molecule has 2 heterocycles. The molecule has 4 rings (SSSR count). The second-order valence-corrected chi connectivity index (χ2v) is 7.22. The lowest BCUT2D eigenvalue weighted by atomic mass is 10.1. The number of amides is 2. The van der Waals surface area contributed by atoms with E-state index < -0.39 is 0 Å². The van der Waals surface area contributed by atoms with Crippen molar-refractivity contribution >= 4 is 23.3 Å². The molecule has 1 aliphatic heterocycles. The molecule has 2 amide bonds. The van der Waals surface area contributed by atoms with E-state index in [1.165, 1.54) is 5.01 Å². The molecule has 1 fully saturated rings. The van der Waals surface area contributed by atoms with Crippen molar-refractivity contribution in [3.05, 3.63) is 59.9 Å². The maximum absolute atomic E-state index is 13.3. The second kappa shape index (κ2) is 7.42. The SMILES string of the molecule is Cc1ccc(N2NC(C(=O)N(C3CC3)C(C)c3ccccn3)=NCC2=O)cc1. The van der Waals surface area contributed by atoms with Gasteiger partial charge in [-0.3, -0.25) is 25.0 Å². The zero-order chi connectivity index (χ0) is 19.7. The number of hydrogen-bond acceptors (Lipinski definition) is 5. The summed E-state index contributed by atoms with van der Waals surface area (Å²) in [7, 11) is 0. The summed E-state index contributed by atoms with van der Waals surface area (Å²) in [6.45, 7) is 3.90. The summed E-state index contributed by atoms with van der Waals surface area (Å²) in [5.74, 6) is -0.212. The lowest BCUT2D eigenvalue weighted by Crippen LogP contribution is -2.57. The Hall–Kier alpha value is -3.22. The number of benzene rings is 1. The third-order valence-corrected chi connectivity index (χ3v) is 5.04. The van der Waals surface area contributed by atoms with Gasteiger partial charge in [0.1, 0.15) is 6.54 Å². The number of hydrogen-bond donors (Lipinski definition) is 1. The number of nitrogens with one attached hydrogen (secondary N) is 1. The number of aliphatic imine (C=N–C) groups is 1. The number of aromatic nitrogens is 1. The van der Waals surface area contributed by atoms with E-state index in [2.05, 4.69) is 15.4 Å². The highest BCUT2D eigenvalue weighted by Gasteiger charge is 2.40. The summed E-state index contributed by atoms with van der Waals surface area (Å²) in [6, 6.07) is 13.3. The quantitative estimate of drug-likeness (QED) is 0.868. The van der Waals surface area contributed by atoms with Crippen LogP contribution in [0.4, 0.5) is 5.69 Å². The van der Waals surface area contributed by atoms with Gasteiger partial charge in [-0.2, -0.15) is 0 Å². The molecule has 1 unspecified atom stereocenters. The first-order valence-corrected chi connectivity index (χ1v) is 9.49. The molecule has 1 aromatic carbocycles. The molecule has 7 nitrogen and oxygen atoms in total. The molecule has 1 aromatic heterocycles. The number of hydrazine groups is 1. The Morgan fingerprint density at radius 2 is 1.96 bits per heavy atom. The van der Waals surface area contributed by atoms with Crippen molar-refractivity contribution in [2.24, 2.45) is 4.99 Å². The fourth-order valence-corrected chi connectivity index (χ4v) is 3.34. The normalized spacial score (nSPS) is 17.6. The van der Waals surface area contributed by atoms with E-state index in [1.54, 1.807) is 6.20 Å². The maximum Gasteiger partial charge on any atom is 0.291 e. The van der Waals surface area contributed by atoms with E-state index in [4.69, 9.17) is 0 Å². The second-order valence-electron chi connectivity index (χ2n) is 7.22. The Bertz CT molecular complexity index is 906. The van der Waals surface area contributed by atoms with Gasteiger partial charge in [-0.1, -0.05) is 23.8 Å². The summed E-state index contributed by atoms with van der Waals surface area (Å²) >= 11 is 0. The number of carbonyl (C=O) groups excluding carboxylic acids is 2. The highest BCUT2D eigenvalue weighted by atomic mass is 16.2. The van der Waals surface area contributed by atoms with Gasteiger partial charge in [0.05, 0.1) is 17.4 Å². The minimum absolute atomic E-state index is 0.0571. The lowest BCUT2D eigenvalue weighted by molar-refractivity contribution is -0.127. The molecule has 28 heavy (non-hydrogen) atoms. The monoisotopic (exact) mass is 377 g/mol. The summed E-state index contributed by atoms with van der Waals surface area (Å²) in [6.07, 6.45) is 3.67. The van der Waals surface area contributed by atoms with E-state index in [0.29, 0.717) is 5.69 Å². The number of aryl methyl sites for hydroxylation is 1. The number of rotatable bonds is 5. The van der Waals surface area contributed by atoms with Crippen LogP contribution < -0.4 is 10.4 Å². The topological polar surface area (TPSA) is 77.9 Å². The fourth-order valence-electron chi connectivity index (χ4n) is 3.34. The van der Waals surface area contributed by atoms with Crippen LogP contribution in [0.5, 0.6) is 0 Å². The molecule has 1 aliphatic carbocycles. The largest absolute Gasteiger partial charge is 0.325 e. The van der Waals surface area contributed by atoms with Gasteiger partial charge in [0.2, 0.25) is 5.84 Å². The predicted octanol–water partition coefficient (Wildman–Crippen LogP) is 2.39. The standard InChI is InChI=1S/C21H23N5O2/c1-14-6-8-17(9-7-14)26-19(27)13-23-20(24-26)21(28)25(16-10-11-16)15(2)18-5-3-4-12-22-18/h3-9,12,15-16H,10-11,13H2,1-2H3,(H,23,24). The average Bonchev–Trinajstić information content (AvgIpc) is 3.55. The van der Waals surface area contributed by atoms with Crippen LogP contribution in [0.2, 0.25) is 0 Å². The van der Waals surface area contributed by atoms with Crippen LogP contribution in [0.25, 0.3) is 0 Å². The van der Waals surface area contributed by atoms with Gasteiger partial charge < -0.3 is 4.90 Å². The minimum atomic E-state index is -0.203. The molecule has 2 aliphatic rings. The zero-order valence-electron chi connectivity index (χ0n) is 16.0. The molecule has 0 spiro atoms. The Kier molecular flexibility index (Phi) is 4.81. The molecule has 1 atom stereocenters. The van der Waals surface area contributed by atoms with Gasteiger partial charge in [0.15, 0.2) is 0 Å². The lowest BCUT2D eigenvalue weighted by Gasteiger charge is -2.33. The number of carbonyl (C=O) groups is 2. The first kappa shape index (κ1) is 18.2. The van der Waals surface area contributed by atoms with Crippen molar-refractivity contribution < 1.29 is 9.59 Å². The van der Waals surface area contributed by atoms with Crippen molar-refractivity contribution in [2.45, 2.75) is 38.8 Å². The third kappa shape index (κ3) is 3.60. The summed E-state index contributed by atoms with van der Waals surface area (Å²) in [5, 5.41) is 1.40. The fraction of sp³-hybridized carbons (Fsp3) is 0.333. The molecule has 144 valence electrons. The van der Waals surface area contributed by atoms with E-state index >= 15 is 0 Å². The summed E-state index contributed by atoms with van der Waals surface area (Å²) < 4.78 is 0. The first-order valence-electron chi connectivity index (χ1n) is 9.49. The van der Waals surface area contributed by atoms with Gasteiger partial charge >= 0.3 is 0 Å². The minimum Gasteiger partial charge on any atom is -0.325 e. The van der Waals surface area contributed by atoms with E-state index in [-0.39, 0.29) is 36.3 Å². The van der Waals surface area contributed by atoms with E-state index in [1.807, 2.05) is 61.2 Å². The van der Waals surface area contributed by atoms with Crippen molar-refractivity contribution in [2.75, 3.05) is 11.6 Å². The Balaban J connectivity index is 1.57. The van der Waals surface area contributed by atoms with Crippen LogP contribution in [0, 0.1) is 6.92 Å². The molecule has 2 aromatic rings.